The Morgan fingerprint density at radius 2 is 2.35 bits per heavy atom. The number of benzene rings is 1. The molecule has 2 aromatic rings. The quantitative estimate of drug-likeness (QED) is 0.867. The zero-order valence-corrected chi connectivity index (χ0v) is 13.1. The smallest absolute Gasteiger partial charge is 0.124 e. The van der Waals surface area contributed by atoms with Crippen molar-refractivity contribution in [3.05, 3.63) is 53.1 Å². The molecule has 5 nitrogen and oxygen atoms in total. The highest BCUT2D eigenvalue weighted by molar-refractivity contribution is 5.37. The summed E-state index contributed by atoms with van der Waals surface area (Å²) >= 11 is 0. The van der Waals surface area contributed by atoms with Gasteiger partial charge in [-0.1, -0.05) is 6.07 Å². The Morgan fingerprint density at radius 3 is 3.09 bits per heavy atom. The maximum Gasteiger partial charge on any atom is 0.124 e. The fourth-order valence-corrected chi connectivity index (χ4v) is 2.84. The number of aromatic nitrogens is 2. The molecule has 0 radical (unpaired) electrons. The molecule has 1 aliphatic heterocycles. The summed E-state index contributed by atoms with van der Waals surface area (Å²) in [4.78, 5) is 2.23. The second-order valence-electron chi connectivity index (χ2n) is 5.88. The molecule has 0 bridgehead atoms. The third kappa shape index (κ3) is 3.95. The van der Waals surface area contributed by atoms with Crippen LogP contribution in [-0.4, -0.2) is 40.5 Å². The maximum absolute atomic E-state index is 13.2. The second kappa shape index (κ2) is 6.90. The van der Waals surface area contributed by atoms with E-state index in [2.05, 4.69) is 16.1 Å². The monoisotopic (exact) mass is 314 g/mol. The molecule has 6 heteroatoms. The lowest BCUT2D eigenvalue weighted by atomic mass is 10.1. The van der Waals surface area contributed by atoms with Gasteiger partial charge in [-0.2, -0.15) is 10.4 Å². The molecular formula is C17H19FN4O. The predicted molar refractivity (Wildman–Crippen MR) is 83.1 cm³/mol. The maximum atomic E-state index is 13.2. The number of ether oxygens (including phenoxy) is 1. The van der Waals surface area contributed by atoms with Crippen molar-refractivity contribution in [1.82, 2.24) is 14.7 Å². The fraction of sp³-hybridized carbons (Fsp3) is 0.412. The summed E-state index contributed by atoms with van der Waals surface area (Å²) in [7, 11) is 0. The molecule has 0 N–H and O–H groups in total. The summed E-state index contributed by atoms with van der Waals surface area (Å²) < 4.78 is 20.9. The average Bonchev–Trinajstić information content (AvgIpc) is 2.94. The molecular weight excluding hydrogens is 295 g/mol. The SMILES string of the molecule is Cc1cnn(C[C@@H]2CN(Cc3ccc(F)cc3C#N)CCO2)c1. The van der Waals surface area contributed by atoms with Gasteiger partial charge in [0.2, 0.25) is 0 Å². The average molecular weight is 314 g/mol. The van der Waals surface area contributed by atoms with Crippen LogP contribution >= 0.6 is 0 Å². The summed E-state index contributed by atoms with van der Waals surface area (Å²) in [6, 6.07) is 6.45. The first kappa shape index (κ1) is 15.7. The molecule has 3 rings (SSSR count). The summed E-state index contributed by atoms with van der Waals surface area (Å²) in [5, 5.41) is 13.4. The van der Waals surface area contributed by atoms with Crippen LogP contribution in [-0.2, 0) is 17.8 Å². The van der Waals surface area contributed by atoms with Crippen LogP contribution in [0.5, 0.6) is 0 Å². The van der Waals surface area contributed by atoms with E-state index >= 15 is 0 Å². The Labute approximate surface area is 134 Å². The zero-order valence-electron chi connectivity index (χ0n) is 13.1. The number of morpholine rings is 1. The van der Waals surface area contributed by atoms with Crippen molar-refractivity contribution in [3.8, 4) is 6.07 Å². The molecule has 23 heavy (non-hydrogen) atoms. The van der Waals surface area contributed by atoms with Gasteiger partial charge in [0.1, 0.15) is 5.82 Å². The minimum atomic E-state index is -0.376. The van der Waals surface area contributed by atoms with Crippen LogP contribution in [0.2, 0.25) is 0 Å². The fourth-order valence-electron chi connectivity index (χ4n) is 2.84. The van der Waals surface area contributed by atoms with Crippen LogP contribution < -0.4 is 0 Å². The largest absolute Gasteiger partial charge is 0.374 e. The third-order valence-electron chi connectivity index (χ3n) is 3.96. The van der Waals surface area contributed by atoms with Gasteiger partial charge in [0.15, 0.2) is 0 Å². The number of hydrogen-bond acceptors (Lipinski definition) is 4. The molecule has 1 atom stereocenters. The highest BCUT2D eigenvalue weighted by atomic mass is 19.1. The number of aryl methyl sites for hydroxylation is 1. The molecule has 1 fully saturated rings. The van der Waals surface area contributed by atoms with E-state index in [0.717, 1.165) is 24.2 Å². The number of nitriles is 1. The van der Waals surface area contributed by atoms with Gasteiger partial charge in [-0.15, -0.1) is 0 Å². The summed E-state index contributed by atoms with van der Waals surface area (Å²) in [5.41, 5.74) is 2.38. The Hall–Kier alpha value is -2.23. The van der Waals surface area contributed by atoms with E-state index in [1.807, 2.05) is 24.0 Å². The van der Waals surface area contributed by atoms with Gasteiger partial charge in [0.05, 0.1) is 37.1 Å². The van der Waals surface area contributed by atoms with Gasteiger partial charge >= 0.3 is 0 Å². The van der Waals surface area contributed by atoms with Crippen LogP contribution in [0.1, 0.15) is 16.7 Å². The predicted octanol–water partition coefficient (Wildman–Crippen LogP) is 2.10. The molecule has 0 spiro atoms. The van der Waals surface area contributed by atoms with Crippen LogP contribution in [0.15, 0.2) is 30.6 Å². The van der Waals surface area contributed by atoms with Crippen LogP contribution in [0.4, 0.5) is 4.39 Å². The van der Waals surface area contributed by atoms with Gasteiger partial charge in [-0.25, -0.2) is 4.39 Å². The van der Waals surface area contributed by atoms with Crippen molar-refractivity contribution in [2.24, 2.45) is 0 Å². The minimum absolute atomic E-state index is 0.0639. The van der Waals surface area contributed by atoms with Gasteiger partial charge < -0.3 is 4.74 Å². The van der Waals surface area contributed by atoms with Crippen molar-refractivity contribution in [2.45, 2.75) is 26.1 Å². The van der Waals surface area contributed by atoms with E-state index in [9.17, 15) is 4.39 Å². The first-order valence-electron chi connectivity index (χ1n) is 7.65. The Bertz CT molecular complexity index is 722. The van der Waals surface area contributed by atoms with Gasteiger partial charge in [0.25, 0.3) is 0 Å². The van der Waals surface area contributed by atoms with Crippen LogP contribution in [0.25, 0.3) is 0 Å². The van der Waals surface area contributed by atoms with Crippen molar-refractivity contribution < 1.29 is 9.13 Å². The number of nitrogens with zero attached hydrogens (tertiary/aromatic N) is 4. The molecule has 1 aromatic heterocycles. The number of halogens is 1. The third-order valence-corrected chi connectivity index (χ3v) is 3.96. The zero-order chi connectivity index (χ0) is 16.2. The van der Waals surface area contributed by atoms with E-state index in [-0.39, 0.29) is 11.9 Å². The number of hydrogen-bond donors (Lipinski definition) is 0. The summed E-state index contributed by atoms with van der Waals surface area (Å²) in [5.74, 6) is -0.376. The lowest BCUT2D eigenvalue weighted by molar-refractivity contribution is -0.0402. The van der Waals surface area contributed by atoms with E-state index < -0.39 is 0 Å². The minimum Gasteiger partial charge on any atom is -0.374 e. The first-order chi connectivity index (χ1) is 11.1. The van der Waals surface area contributed by atoms with Gasteiger partial charge in [-0.05, 0) is 30.2 Å². The standard InChI is InChI=1S/C17H19FN4O/c1-13-8-20-22(9-13)12-17-11-21(4-5-23-17)10-14-2-3-16(18)6-15(14)7-19/h2-3,6,8-9,17H,4-5,10-12H2,1H3/t17-/m0/s1. The van der Waals surface area contributed by atoms with Crippen molar-refractivity contribution in [2.75, 3.05) is 19.7 Å². The summed E-state index contributed by atoms with van der Waals surface area (Å²) in [6.07, 6.45) is 3.89. The van der Waals surface area contributed by atoms with Crippen molar-refractivity contribution in [3.63, 3.8) is 0 Å². The first-order valence-corrected chi connectivity index (χ1v) is 7.65. The van der Waals surface area contributed by atoms with E-state index in [4.69, 9.17) is 10.00 Å². The van der Waals surface area contributed by atoms with Crippen molar-refractivity contribution in [1.29, 1.82) is 5.26 Å². The Balaban J connectivity index is 1.64. The molecule has 120 valence electrons. The van der Waals surface area contributed by atoms with E-state index in [1.165, 1.54) is 12.1 Å². The van der Waals surface area contributed by atoms with Gasteiger partial charge in [-0.3, -0.25) is 9.58 Å². The molecule has 0 aliphatic carbocycles. The molecule has 0 unspecified atom stereocenters. The van der Waals surface area contributed by atoms with Crippen LogP contribution in [0.3, 0.4) is 0 Å². The number of rotatable bonds is 4. The Kier molecular flexibility index (Phi) is 4.70. The van der Waals surface area contributed by atoms with Crippen molar-refractivity contribution >= 4 is 0 Å². The normalized spacial score (nSPS) is 18.7. The highest BCUT2D eigenvalue weighted by Gasteiger charge is 2.22. The van der Waals surface area contributed by atoms with Gasteiger partial charge in [0, 0.05) is 25.8 Å². The van der Waals surface area contributed by atoms with E-state index in [1.54, 1.807) is 6.07 Å². The molecule has 0 amide bonds. The highest BCUT2D eigenvalue weighted by Crippen LogP contribution is 2.16. The summed E-state index contributed by atoms with van der Waals surface area (Å²) in [6.45, 7) is 5.56. The molecule has 0 saturated carbocycles. The second-order valence-corrected chi connectivity index (χ2v) is 5.88. The molecule has 2 heterocycles. The topological polar surface area (TPSA) is 54.1 Å². The van der Waals surface area contributed by atoms with E-state index in [0.29, 0.717) is 25.3 Å². The van der Waals surface area contributed by atoms with Crippen LogP contribution in [0, 0.1) is 24.1 Å². The lowest BCUT2D eigenvalue weighted by Gasteiger charge is -2.33. The molecule has 1 aliphatic rings. The molecule has 1 aromatic carbocycles. The lowest BCUT2D eigenvalue weighted by Crippen LogP contribution is -2.43. The Morgan fingerprint density at radius 1 is 1.48 bits per heavy atom. The molecule has 1 saturated heterocycles.